The number of aryl methyl sites for hydroxylation is 1. The van der Waals surface area contributed by atoms with Crippen molar-refractivity contribution in [1.82, 2.24) is 20.1 Å². The van der Waals surface area contributed by atoms with Gasteiger partial charge in [-0.05, 0) is 60.6 Å². The first kappa shape index (κ1) is 21.7. The van der Waals surface area contributed by atoms with Crippen LogP contribution in [-0.2, 0) is 5.41 Å². The Hall–Kier alpha value is -3.52. The summed E-state index contributed by atoms with van der Waals surface area (Å²) in [5, 5.41) is 7.74. The summed E-state index contributed by atoms with van der Waals surface area (Å²) in [7, 11) is 0. The van der Waals surface area contributed by atoms with Gasteiger partial charge in [-0.1, -0.05) is 38.1 Å². The molecule has 0 atom stereocenters. The number of carbonyl (C=O) groups is 1. The average Bonchev–Trinajstić information content (AvgIpc) is 3.27. The second-order valence-electron chi connectivity index (χ2n) is 8.28. The molecule has 2 heterocycles. The lowest BCUT2D eigenvalue weighted by molar-refractivity contribution is 0.102. The monoisotopic (exact) mass is 445 g/mol. The predicted molar refractivity (Wildman–Crippen MR) is 124 cm³/mol. The topological polar surface area (TPSA) is 93.8 Å². The molecule has 4 aromatic rings. The molecule has 162 valence electrons. The van der Waals surface area contributed by atoms with Gasteiger partial charge in [-0.3, -0.25) is 4.79 Å². The van der Waals surface area contributed by atoms with Gasteiger partial charge in [0.2, 0.25) is 0 Å². The smallest absolute Gasteiger partial charge is 0.258 e. The lowest BCUT2D eigenvalue weighted by atomic mass is 9.96. The molecule has 1 N–H and O–H groups in total. The van der Waals surface area contributed by atoms with E-state index in [-0.39, 0.29) is 11.3 Å². The minimum atomic E-state index is -0.249. The summed E-state index contributed by atoms with van der Waals surface area (Å²) in [6, 6.07) is 14.8. The Morgan fingerprint density at radius 2 is 1.78 bits per heavy atom. The van der Waals surface area contributed by atoms with Crippen LogP contribution >= 0.6 is 11.8 Å². The third-order valence-corrected chi connectivity index (χ3v) is 5.58. The Balaban J connectivity index is 1.55. The first-order chi connectivity index (χ1) is 15.3. The van der Waals surface area contributed by atoms with Crippen molar-refractivity contribution in [2.75, 3.05) is 5.32 Å². The maximum absolute atomic E-state index is 13.1. The molecule has 32 heavy (non-hydrogen) atoms. The second kappa shape index (κ2) is 8.92. The molecule has 2 aromatic carbocycles. The van der Waals surface area contributed by atoms with Crippen molar-refractivity contribution in [2.45, 2.75) is 43.2 Å². The van der Waals surface area contributed by atoms with Crippen LogP contribution in [0.3, 0.4) is 0 Å². The predicted octanol–water partition coefficient (Wildman–Crippen LogP) is 5.54. The highest BCUT2D eigenvalue weighted by atomic mass is 32.2. The van der Waals surface area contributed by atoms with Crippen molar-refractivity contribution in [2.24, 2.45) is 0 Å². The molecule has 0 bridgehead atoms. The fraction of sp³-hybridized carbons (Fsp3) is 0.208. The Bertz CT molecular complexity index is 1250. The molecule has 7 nitrogen and oxygen atoms in total. The van der Waals surface area contributed by atoms with Crippen LogP contribution in [0.2, 0.25) is 0 Å². The van der Waals surface area contributed by atoms with Gasteiger partial charge in [-0.2, -0.15) is 4.98 Å². The van der Waals surface area contributed by atoms with E-state index < -0.39 is 0 Å². The molecule has 0 radical (unpaired) electrons. The van der Waals surface area contributed by atoms with Crippen LogP contribution in [0.4, 0.5) is 5.69 Å². The summed E-state index contributed by atoms with van der Waals surface area (Å²) in [6.07, 6.45) is 3.42. The largest absolute Gasteiger partial charge is 0.334 e. The van der Waals surface area contributed by atoms with Crippen LogP contribution < -0.4 is 5.32 Å². The van der Waals surface area contributed by atoms with Gasteiger partial charge in [0.25, 0.3) is 11.8 Å². The minimum absolute atomic E-state index is 0.244. The van der Waals surface area contributed by atoms with E-state index in [1.807, 2.05) is 58.0 Å². The zero-order valence-corrected chi connectivity index (χ0v) is 19.1. The van der Waals surface area contributed by atoms with Gasteiger partial charge in [0, 0.05) is 28.4 Å². The summed E-state index contributed by atoms with van der Waals surface area (Å²) in [5.41, 5.74) is 2.47. The molecule has 0 unspecified atom stereocenters. The van der Waals surface area contributed by atoms with Gasteiger partial charge in [0.05, 0.1) is 11.1 Å². The van der Waals surface area contributed by atoms with E-state index in [4.69, 9.17) is 4.52 Å². The third kappa shape index (κ3) is 4.86. The van der Waals surface area contributed by atoms with Crippen molar-refractivity contribution < 1.29 is 9.32 Å². The highest BCUT2D eigenvalue weighted by Crippen LogP contribution is 2.30. The van der Waals surface area contributed by atoms with Gasteiger partial charge in [0.15, 0.2) is 11.0 Å². The standard InChI is InChI=1S/C24H23N5O2S/c1-15-14-16(32-23-25-12-7-13-26-23)10-11-19(15)27-20(30)17-8-5-6-9-18(17)21-28-22(29-31-21)24(2,3)4/h5-14H,1-4H3,(H,27,30). The van der Waals surface area contributed by atoms with E-state index >= 15 is 0 Å². The third-order valence-electron chi connectivity index (χ3n) is 4.70. The number of aromatic nitrogens is 4. The van der Waals surface area contributed by atoms with Crippen LogP contribution in [0.5, 0.6) is 0 Å². The molecular weight excluding hydrogens is 422 g/mol. The minimum Gasteiger partial charge on any atom is -0.334 e. The first-order valence-corrected chi connectivity index (χ1v) is 10.9. The van der Waals surface area contributed by atoms with Gasteiger partial charge >= 0.3 is 0 Å². The highest BCUT2D eigenvalue weighted by molar-refractivity contribution is 7.99. The summed E-state index contributed by atoms with van der Waals surface area (Å²) >= 11 is 1.47. The van der Waals surface area contributed by atoms with Crippen molar-refractivity contribution in [3.05, 3.63) is 77.9 Å². The van der Waals surface area contributed by atoms with Gasteiger partial charge in [-0.15, -0.1) is 0 Å². The quantitative estimate of drug-likeness (QED) is 0.403. The Kier molecular flexibility index (Phi) is 6.05. The van der Waals surface area contributed by atoms with Crippen LogP contribution in [-0.4, -0.2) is 26.0 Å². The van der Waals surface area contributed by atoms with E-state index in [9.17, 15) is 4.79 Å². The Morgan fingerprint density at radius 3 is 2.47 bits per heavy atom. The summed E-state index contributed by atoms with van der Waals surface area (Å²) in [5.74, 6) is 0.673. The molecule has 0 fully saturated rings. The zero-order valence-electron chi connectivity index (χ0n) is 18.3. The van der Waals surface area contributed by atoms with Crippen LogP contribution in [0.1, 0.15) is 42.5 Å². The van der Waals surface area contributed by atoms with Crippen LogP contribution in [0.15, 0.2) is 75.5 Å². The number of anilines is 1. The molecule has 0 saturated heterocycles. The van der Waals surface area contributed by atoms with E-state index in [1.165, 1.54) is 11.8 Å². The SMILES string of the molecule is Cc1cc(Sc2ncccn2)ccc1NC(=O)c1ccccc1-c1nc(C(C)(C)C)no1. The van der Waals surface area contributed by atoms with Gasteiger partial charge < -0.3 is 9.84 Å². The maximum Gasteiger partial charge on any atom is 0.258 e. The first-order valence-electron chi connectivity index (χ1n) is 10.1. The molecule has 4 rings (SSSR count). The number of nitrogens with zero attached hydrogens (tertiary/aromatic N) is 4. The highest BCUT2D eigenvalue weighted by Gasteiger charge is 2.23. The van der Waals surface area contributed by atoms with Gasteiger partial charge in [-0.25, -0.2) is 9.97 Å². The van der Waals surface area contributed by atoms with Crippen LogP contribution in [0.25, 0.3) is 11.5 Å². The molecule has 0 saturated carbocycles. The maximum atomic E-state index is 13.1. The summed E-state index contributed by atoms with van der Waals surface area (Å²) in [4.78, 5) is 27.1. The number of hydrogen-bond acceptors (Lipinski definition) is 7. The molecule has 2 aromatic heterocycles. The fourth-order valence-corrected chi connectivity index (χ4v) is 3.79. The number of hydrogen-bond donors (Lipinski definition) is 1. The van der Waals surface area contributed by atoms with E-state index in [0.29, 0.717) is 28.0 Å². The number of rotatable bonds is 5. The number of nitrogens with one attached hydrogen (secondary N) is 1. The summed E-state index contributed by atoms with van der Waals surface area (Å²) in [6.45, 7) is 7.98. The molecule has 0 aliphatic rings. The number of carbonyl (C=O) groups excluding carboxylic acids is 1. The lowest BCUT2D eigenvalue weighted by Crippen LogP contribution is -2.14. The van der Waals surface area contributed by atoms with Crippen molar-refractivity contribution >= 4 is 23.4 Å². The molecule has 8 heteroatoms. The summed E-state index contributed by atoms with van der Waals surface area (Å²) < 4.78 is 5.46. The van der Waals surface area contributed by atoms with E-state index in [0.717, 1.165) is 16.1 Å². The molecule has 0 aliphatic heterocycles. The number of benzene rings is 2. The van der Waals surface area contributed by atoms with Crippen molar-refractivity contribution in [1.29, 1.82) is 0 Å². The zero-order chi connectivity index (χ0) is 22.7. The molecule has 0 spiro atoms. The molecule has 1 amide bonds. The van der Waals surface area contributed by atoms with Gasteiger partial charge in [0.1, 0.15) is 0 Å². The van der Waals surface area contributed by atoms with Crippen LogP contribution in [0, 0.1) is 6.92 Å². The van der Waals surface area contributed by atoms with Crippen molar-refractivity contribution in [3.8, 4) is 11.5 Å². The Labute approximate surface area is 190 Å². The average molecular weight is 446 g/mol. The van der Waals surface area contributed by atoms with E-state index in [1.54, 1.807) is 30.6 Å². The number of amides is 1. The second-order valence-corrected chi connectivity index (χ2v) is 9.32. The van der Waals surface area contributed by atoms with Crippen molar-refractivity contribution in [3.63, 3.8) is 0 Å². The molecule has 0 aliphatic carbocycles. The molecular formula is C24H23N5O2S. The normalized spacial score (nSPS) is 11.4. The lowest BCUT2D eigenvalue weighted by Gasteiger charge is -2.12. The van der Waals surface area contributed by atoms with E-state index in [2.05, 4.69) is 25.4 Å². The fourth-order valence-electron chi connectivity index (χ4n) is 2.98. The Morgan fingerprint density at radius 1 is 1.03 bits per heavy atom.